The van der Waals surface area contributed by atoms with Crippen molar-refractivity contribution < 1.29 is 19.9 Å². The van der Waals surface area contributed by atoms with Crippen LogP contribution in [0.1, 0.15) is 32.4 Å². The maximum absolute atomic E-state index is 10.9. The minimum absolute atomic E-state index is 0.0502. The molecular weight excluding hydrogens is 264 g/mol. The molecule has 0 bridgehead atoms. The van der Waals surface area contributed by atoms with Gasteiger partial charge in [0.2, 0.25) is 0 Å². The predicted molar refractivity (Wildman–Crippen MR) is 73.7 cm³/mol. The van der Waals surface area contributed by atoms with Gasteiger partial charge in [-0.05, 0) is 5.41 Å². The number of methoxy groups -OCH3 is 1. The first-order chi connectivity index (χ1) is 9.09. The van der Waals surface area contributed by atoms with E-state index in [9.17, 15) is 20.3 Å². The molecule has 0 aliphatic carbocycles. The quantitative estimate of drug-likeness (QED) is 0.572. The Morgan fingerprint density at radius 2 is 1.95 bits per heavy atom. The van der Waals surface area contributed by atoms with E-state index in [-0.39, 0.29) is 22.7 Å². The van der Waals surface area contributed by atoms with Crippen molar-refractivity contribution in [2.24, 2.45) is 11.1 Å². The summed E-state index contributed by atoms with van der Waals surface area (Å²) in [5, 5.41) is 31.1. The van der Waals surface area contributed by atoms with Crippen LogP contribution in [0.5, 0.6) is 11.5 Å². The molecule has 0 unspecified atom stereocenters. The molecule has 0 amide bonds. The number of nitro benzene ring substituents is 1. The number of hydrogen-bond donors (Lipinski definition) is 3. The largest absolute Gasteiger partial charge is 0.504 e. The first kappa shape index (κ1) is 16.2. The molecule has 0 heterocycles. The Hall–Kier alpha value is -1.86. The van der Waals surface area contributed by atoms with Gasteiger partial charge in [0.15, 0.2) is 11.5 Å². The van der Waals surface area contributed by atoms with Crippen molar-refractivity contribution in [3.63, 3.8) is 0 Å². The monoisotopic (exact) mass is 284 g/mol. The number of non-ortho nitro benzene ring substituents is 1. The Bertz CT molecular complexity index is 510. The number of phenolic OH excluding ortho intramolecular Hbond substituents is 1. The molecule has 112 valence electrons. The molecule has 2 atom stereocenters. The van der Waals surface area contributed by atoms with Crippen LogP contribution in [0.2, 0.25) is 0 Å². The van der Waals surface area contributed by atoms with Gasteiger partial charge in [0.05, 0.1) is 30.2 Å². The minimum Gasteiger partial charge on any atom is -0.504 e. The van der Waals surface area contributed by atoms with E-state index in [1.807, 2.05) is 0 Å². The molecule has 0 aromatic heterocycles. The maximum atomic E-state index is 10.9. The van der Waals surface area contributed by atoms with E-state index in [2.05, 4.69) is 0 Å². The van der Waals surface area contributed by atoms with Gasteiger partial charge in [0.25, 0.3) is 5.69 Å². The molecule has 1 aromatic rings. The summed E-state index contributed by atoms with van der Waals surface area (Å²) in [4.78, 5) is 10.3. The van der Waals surface area contributed by atoms with Gasteiger partial charge in [-0.3, -0.25) is 10.1 Å². The highest BCUT2D eigenvalue weighted by Crippen LogP contribution is 2.40. The molecule has 0 spiro atoms. The number of benzene rings is 1. The third-order valence-corrected chi connectivity index (χ3v) is 3.11. The number of phenols is 1. The summed E-state index contributed by atoms with van der Waals surface area (Å²) in [5.74, 6) is -0.348. The van der Waals surface area contributed by atoms with Crippen LogP contribution in [0, 0.1) is 15.5 Å². The Morgan fingerprint density at radius 1 is 1.40 bits per heavy atom. The van der Waals surface area contributed by atoms with Gasteiger partial charge in [0.1, 0.15) is 0 Å². The molecule has 0 aliphatic heterocycles. The van der Waals surface area contributed by atoms with Crippen LogP contribution in [0.15, 0.2) is 12.1 Å². The first-order valence-corrected chi connectivity index (χ1v) is 6.08. The number of nitro groups is 1. The van der Waals surface area contributed by atoms with Gasteiger partial charge < -0.3 is 20.7 Å². The first-order valence-electron chi connectivity index (χ1n) is 6.08. The summed E-state index contributed by atoms with van der Waals surface area (Å²) in [5.41, 5.74) is 5.22. The lowest BCUT2D eigenvalue weighted by Crippen LogP contribution is -2.37. The fourth-order valence-electron chi connectivity index (χ4n) is 1.84. The second-order valence-electron chi connectivity index (χ2n) is 5.68. The average Bonchev–Trinajstić information content (AvgIpc) is 2.35. The Morgan fingerprint density at radius 3 is 2.35 bits per heavy atom. The number of aliphatic hydroxyl groups is 1. The molecule has 7 heteroatoms. The molecule has 1 aromatic carbocycles. The lowest BCUT2D eigenvalue weighted by Gasteiger charge is -2.31. The number of aromatic hydroxyl groups is 1. The van der Waals surface area contributed by atoms with Crippen molar-refractivity contribution in [1.29, 1.82) is 0 Å². The standard InChI is InChI=1S/C13H20N2O5/c1-13(2,3)12(17)10(14)8-5-7(15(18)19)6-9(20-4)11(8)16/h5-6,10,12,16-17H,14H2,1-4H3/t10-,12-/m0/s1. The summed E-state index contributed by atoms with van der Waals surface area (Å²) in [6, 6.07) is 1.29. The van der Waals surface area contributed by atoms with E-state index in [4.69, 9.17) is 10.5 Å². The Kier molecular flexibility index (Phi) is 4.57. The zero-order valence-electron chi connectivity index (χ0n) is 12.0. The van der Waals surface area contributed by atoms with Crippen molar-refractivity contribution in [2.45, 2.75) is 32.9 Å². The van der Waals surface area contributed by atoms with Crippen LogP contribution in [-0.2, 0) is 0 Å². The molecule has 4 N–H and O–H groups in total. The average molecular weight is 284 g/mol. The SMILES string of the molecule is COc1cc([N+](=O)[O-])cc([C@H](N)[C@H](O)C(C)(C)C)c1O. The van der Waals surface area contributed by atoms with Gasteiger partial charge in [-0.15, -0.1) is 0 Å². The third-order valence-electron chi connectivity index (χ3n) is 3.11. The zero-order chi connectivity index (χ0) is 15.7. The minimum atomic E-state index is -0.986. The maximum Gasteiger partial charge on any atom is 0.273 e. The topological polar surface area (TPSA) is 119 Å². The van der Waals surface area contributed by atoms with E-state index in [0.717, 1.165) is 12.1 Å². The highest BCUT2D eigenvalue weighted by Gasteiger charge is 2.32. The van der Waals surface area contributed by atoms with E-state index < -0.39 is 22.5 Å². The van der Waals surface area contributed by atoms with Crippen molar-refractivity contribution in [3.8, 4) is 11.5 Å². The van der Waals surface area contributed by atoms with Crippen LogP contribution in [0.3, 0.4) is 0 Å². The molecular formula is C13H20N2O5. The van der Waals surface area contributed by atoms with Crippen LogP contribution >= 0.6 is 0 Å². The summed E-state index contributed by atoms with van der Waals surface area (Å²) >= 11 is 0. The fraction of sp³-hybridized carbons (Fsp3) is 0.538. The van der Waals surface area contributed by atoms with E-state index >= 15 is 0 Å². The van der Waals surface area contributed by atoms with Crippen LogP contribution in [0.25, 0.3) is 0 Å². The number of nitrogens with zero attached hydrogens (tertiary/aromatic N) is 1. The Labute approximate surface area is 117 Å². The summed E-state index contributed by atoms with van der Waals surface area (Å²) in [7, 11) is 1.29. The van der Waals surface area contributed by atoms with Gasteiger partial charge in [-0.25, -0.2) is 0 Å². The summed E-state index contributed by atoms with van der Waals surface area (Å²) in [6.07, 6.45) is -0.986. The normalized spacial score (nSPS) is 14.7. The van der Waals surface area contributed by atoms with Crippen molar-refractivity contribution in [2.75, 3.05) is 7.11 Å². The van der Waals surface area contributed by atoms with Gasteiger partial charge in [0, 0.05) is 11.6 Å². The summed E-state index contributed by atoms with van der Waals surface area (Å²) in [6.45, 7) is 5.34. The highest BCUT2D eigenvalue weighted by molar-refractivity contribution is 5.54. The molecule has 7 nitrogen and oxygen atoms in total. The third kappa shape index (κ3) is 3.17. The molecule has 0 saturated carbocycles. The number of ether oxygens (including phenoxy) is 1. The van der Waals surface area contributed by atoms with E-state index in [0.29, 0.717) is 0 Å². The number of nitrogens with two attached hydrogens (primary N) is 1. The fourth-order valence-corrected chi connectivity index (χ4v) is 1.84. The second-order valence-corrected chi connectivity index (χ2v) is 5.68. The van der Waals surface area contributed by atoms with Gasteiger partial charge >= 0.3 is 0 Å². The highest BCUT2D eigenvalue weighted by atomic mass is 16.6. The van der Waals surface area contributed by atoms with E-state index in [1.54, 1.807) is 20.8 Å². The van der Waals surface area contributed by atoms with Crippen LogP contribution in [0.4, 0.5) is 5.69 Å². The van der Waals surface area contributed by atoms with Crippen LogP contribution < -0.4 is 10.5 Å². The number of aliphatic hydroxyl groups excluding tert-OH is 1. The van der Waals surface area contributed by atoms with Crippen molar-refractivity contribution in [1.82, 2.24) is 0 Å². The second kappa shape index (κ2) is 5.64. The zero-order valence-corrected chi connectivity index (χ0v) is 12.0. The van der Waals surface area contributed by atoms with Crippen molar-refractivity contribution >= 4 is 5.69 Å². The van der Waals surface area contributed by atoms with Crippen LogP contribution in [-0.4, -0.2) is 28.4 Å². The molecule has 0 aliphatic rings. The smallest absolute Gasteiger partial charge is 0.273 e. The Balaban J connectivity index is 3.36. The molecule has 0 radical (unpaired) electrons. The lowest BCUT2D eigenvalue weighted by atomic mass is 9.82. The molecule has 1 rings (SSSR count). The van der Waals surface area contributed by atoms with Gasteiger partial charge in [-0.2, -0.15) is 0 Å². The van der Waals surface area contributed by atoms with Gasteiger partial charge in [-0.1, -0.05) is 20.8 Å². The number of rotatable bonds is 4. The molecule has 20 heavy (non-hydrogen) atoms. The number of hydrogen-bond acceptors (Lipinski definition) is 6. The molecule has 0 saturated heterocycles. The van der Waals surface area contributed by atoms with E-state index in [1.165, 1.54) is 7.11 Å². The van der Waals surface area contributed by atoms with Crippen molar-refractivity contribution in [3.05, 3.63) is 27.8 Å². The lowest BCUT2D eigenvalue weighted by molar-refractivity contribution is -0.385. The molecule has 0 fully saturated rings. The summed E-state index contributed by atoms with van der Waals surface area (Å²) < 4.78 is 4.90. The predicted octanol–water partition coefficient (Wildman–Crippen LogP) is 1.72.